The zero-order valence-corrected chi connectivity index (χ0v) is 9.44. The van der Waals surface area contributed by atoms with Gasteiger partial charge in [-0.15, -0.1) is 0 Å². The summed E-state index contributed by atoms with van der Waals surface area (Å²) in [6.07, 6.45) is -0.586. The maximum atomic E-state index is 10.6. The van der Waals surface area contributed by atoms with E-state index in [4.69, 9.17) is 9.47 Å². The van der Waals surface area contributed by atoms with Gasteiger partial charge < -0.3 is 19.1 Å². The monoisotopic (exact) mass is 218 g/mol. The van der Waals surface area contributed by atoms with Crippen LogP contribution in [0.4, 0.5) is 0 Å². The number of hydrogen-bond donors (Lipinski definition) is 1. The van der Waals surface area contributed by atoms with E-state index in [0.717, 1.165) is 30.8 Å². The average molecular weight is 218 g/mol. The van der Waals surface area contributed by atoms with Crippen molar-refractivity contribution in [3.05, 3.63) is 0 Å². The fourth-order valence-corrected chi connectivity index (χ4v) is 1.74. The van der Waals surface area contributed by atoms with Crippen LogP contribution in [-0.2, 0) is 14.3 Å². The van der Waals surface area contributed by atoms with Gasteiger partial charge >= 0.3 is 5.97 Å². The molecule has 0 aromatic heterocycles. The van der Waals surface area contributed by atoms with Crippen LogP contribution in [0.15, 0.2) is 0 Å². The second kappa shape index (κ2) is 5.44. The number of hydrogen-bond acceptors (Lipinski definition) is 4. The maximum Gasteiger partial charge on any atom is 0.302 e. The first kappa shape index (κ1) is 12.4. The molecule has 0 spiro atoms. The van der Waals surface area contributed by atoms with Gasteiger partial charge in [-0.2, -0.15) is 0 Å². The topological polar surface area (TPSA) is 55.8 Å². The number of likely N-dealkylation sites (N-methyl/N-ethyl adjacent to an activating group) is 1. The van der Waals surface area contributed by atoms with E-state index in [1.165, 1.54) is 6.92 Å². The molecule has 0 amide bonds. The molecular formula is C10H20NO4+. The number of ether oxygens (including phenoxy) is 2. The highest BCUT2D eigenvalue weighted by Gasteiger charge is 2.28. The van der Waals surface area contributed by atoms with Crippen LogP contribution >= 0.6 is 0 Å². The standard InChI is InChI=1S/C10H20NO4/c1-9(12)15-8-10(13)7-11(2)3-5-14-6-4-11/h10,13H,3-8H2,1-2H3/q+1. The molecule has 88 valence electrons. The average Bonchev–Trinajstić information content (AvgIpc) is 2.15. The van der Waals surface area contributed by atoms with Crippen molar-refractivity contribution in [3.8, 4) is 0 Å². The van der Waals surface area contributed by atoms with Gasteiger partial charge in [0.2, 0.25) is 0 Å². The summed E-state index contributed by atoms with van der Waals surface area (Å²) in [4.78, 5) is 10.6. The summed E-state index contributed by atoms with van der Waals surface area (Å²) in [6, 6.07) is 0. The van der Waals surface area contributed by atoms with E-state index in [1.807, 2.05) is 0 Å². The highest BCUT2D eigenvalue weighted by molar-refractivity contribution is 5.65. The molecule has 1 aliphatic rings. The molecule has 1 fully saturated rings. The van der Waals surface area contributed by atoms with Crippen molar-refractivity contribution in [1.29, 1.82) is 0 Å². The van der Waals surface area contributed by atoms with Gasteiger partial charge in [0.05, 0.1) is 20.3 Å². The first-order valence-electron chi connectivity index (χ1n) is 5.24. The van der Waals surface area contributed by atoms with Gasteiger partial charge in [0.1, 0.15) is 32.3 Å². The van der Waals surface area contributed by atoms with E-state index in [1.54, 1.807) is 0 Å². The van der Waals surface area contributed by atoms with E-state index in [2.05, 4.69) is 7.05 Å². The lowest BCUT2D eigenvalue weighted by molar-refractivity contribution is -0.919. The molecule has 0 radical (unpaired) electrons. The number of quaternary nitrogens is 1. The van der Waals surface area contributed by atoms with E-state index in [0.29, 0.717) is 6.54 Å². The number of aliphatic hydroxyl groups excluding tert-OH is 1. The second-order valence-corrected chi connectivity index (χ2v) is 4.32. The molecule has 1 atom stereocenters. The first-order valence-corrected chi connectivity index (χ1v) is 5.24. The summed E-state index contributed by atoms with van der Waals surface area (Å²) in [6.45, 7) is 5.31. The van der Waals surface area contributed by atoms with E-state index < -0.39 is 6.10 Å². The summed E-state index contributed by atoms with van der Waals surface area (Å²) in [7, 11) is 2.08. The molecule has 1 rings (SSSR count). The molecule has 5 nitrogen and oxygen atoms in total. The van der Waals surface area contributed by atoms with Crippen molar-refractivity contribution in [1.82, 2.24) is 0 Å². The Bertz CT molecular complexity index is 213. The Labute approximate surface area is 90.2 Å². The van der Waals surface area contributed by atoms with Crippen molar-refractivity contribution < 1.29 is 23.9 Å². The van der Waals surface area contributed by atoms with Crippen LogP contribution in [0.3, 0.4) is 0 Å². The third kappa shape index (κ3) is 4.59. The van der Waals surface area contributed by atoms with Gasteiger partial charge in [0.25, 0.3) is 0 Å². The maximum absolute atomic E-state index is 10.6. The quantitative estimate of drug-likeness (QED) is 0.505. The predicted octanol–water partition coefficient (Wildman–Crippen LogP) is -0.613. The van der Waals surface area contributed by atoms with Crippen molar-refractivity contribution >= 4 is 5.97 Å². The number of carbonyl (C=O) groups excluding carboxylic acids is 1. The van der Waals surface area contributed by atoms with Crippen LogP contribution in [0.5, 0.6) is 0 Å². The summed E-state index contributed by atoms with van der Waals surface area (Å²) in [5, 5.41) is 9.68. The van der Waals surface area contributed by atoms with Crippen LogP contribution < -0.4 is 0 Å². The third-order valence-corrected chi connectivity index (χ3v) is 2.68. The van der Waals surface area contributed by atoms with Crippen LogP contribution in [0.25, 0.3) is 0 Å². The van der Waals surface area contributed by atoms with E-state index >= 15 is 0 Å². The zero-order valence-electron chi connectivity index (χ0n) is 9.44. The van der Waals surface area contributed by atoms with Crippen LogP contribution in [0.2, 0.25) is 0 Å². The Morgan fingerprint density at radius 2 is 2.13 bits per heavy atom. The fraction of sp³-hybridized carbons (Fsp3) is 0.900. The van der Waals surface area contributed by atoms with Crippen molar-refractivity contribution in [3.63, 3.8) is 0 Å². The van der Waals surface area contributed by atoms with Gasteiger partial charge in [0.15, 0.2) is 0 Å². The zero-order chi connectivity index (χ0) is 11.3. The summed E-state index contributed by atoms with van der Waals surface area (Å²) >= 11 is 0. The fourth-order valence-electron chi connectivity index (χ4n) is 1.74. The lowest BCUT2D eigenvalue weighted by Gasteiger charge is -2.38. The molecular weight excluding hydrogens is 198 g/mol. The molecule has 0 bridgehead atoms. The van der Waals surface area contributed by atoms with E-state index in [-0.39, 0.29) is 12.6 Å². The number of morpholine rings is 1. The highest BCUT2D eigenvalue weighted by atomic mass is 16.5. The predicted molar refractivity (Wildman–Crippen MR) is 54.2 cm³/mol. The van der Waals surface area contributed by atoms with Crippen LogP contribution in [0.1, 0.15) is 6.92 Å². The Morgan fingerprint density at radius 1 is 1.53 bits per heavy atom. The number of esters is 1. The Hall–Kier alpha value is -0.650. The molecule has 0 aromatic rings. The molecule has 0 saturated carbocycles. The molecule has 1 unspecified atom stereocenters. The lowest BCUT2D eigenvalue weighted by Crippen LogP contribution is -2.55. The normalized spacial score (nSPS) is 22.1. The summed E-state index contributed by atoms with van der Waals surface area (Å²) in [5.41, 5.74) is 0. The van der Waals surface area contributed by atoms with Crippen molar-refractivity contribution in [2.24, 2.45) is 0 Å². The summed E-state index contributed by atoms with van der Waals surface area (Å²) in [5.74, 6) is -0.348. The molecule has 15 heavy (non-hydrogen) atoms. The molecule has 5 heteroatoms. The SMILES string of the molecule is CC(=O)OCC(O)C[N+]1(C)CCOCC1. The molecule has 1 heterocycles. The number of carbonyl (C=O) groups is 1. The molecule has 1 saturated heterocycles. The third-order valence-electron chi connectivity index (χ3n) is 2.68. The summed E-state index contributed by atoms with van der Waals surface area (Å²) < 4.78 is 10.8. The van der Waals surface area contributed by atoms with Gasteiger partial charge in [-0.3, -0.25) is 4.79 Å². The lowest BCUT2D eigenvalue weighted by atomic mass is 10.2. The van der Waals surface area contributed by atoms with Gasteiger partial charge in [-0.25, -0.2) is 0 Å². The smallest absolute Gasteiger partial charge is 0.302 e. The number of nitrogens with zero attached hydrogens (tertiary/aromatic N) is 1. The Kier molecular flexibility index (Phi) is 4.50. The molecule has 0 aromatic carbocycles. The largest absolute Gasteiger partial charge is 0.463 e. The number of rotatable bonds is 4. The van der Waals surface area contributed by atoms with Gasteiger partial charge in [-0.1, -0.05) is 0 Å². The van der Waals surface area contributed by atoms with Crippen LogP contribution in [0, 0.1) is 0 Å². The van der Waals surface area contributed by atoms with Gasteiger partial charge in [0, 0.05) is 6.92 Å². The Balaban J connectivity index is 2.28. The molecule has 1 aliphatic heterocycles. The first-order chi connectivity index (χ1) is 7.02. The minimum atomic E-state index is -0.586. The van der Waals surface area contributed by atoms with E-state index in [9.17, 15) is 9.90 Å². The minimum absolute atomic E-state index is 0.0873. The Morgan fingerprint density at radius 3 is 2.67 bits per heavy atom. The van der Waals surface area contributed by atoms with Gasteiger partial charge in [-0.05, 0) is 0 Å². The molecule has 0 aliphatic carbocycles. The molecule has 1 N–H and O–H groups in total. The highest BCUT2D eigenvalue weighted by Crippen LogP contribution is 2.08. The second-order valence-electron chi connectivity index (χ2n) is 4.32. The minimum Gasteiger partial charge on any atom is -0.463 e. The number of aliphatic hydroxyl groups is 1. The van der Waals surface area contributed by atoms with Crippen molar-refractivity contribution in [2.45, 2.75) is 13.0 Å². The van der Waals surface area contributed by atoms with Crippen molar-refractivity contribution in [2.75, 3.05) is 46.5 Å². The van der Waals surface area contributed by atoms with Crippen LogP contribution in [-0.4, -0.2) is 68.2 Å².